The molecule has 1 aromatic rings. The quantitative estimate of drug-likeness (QED) is 0.585. The second-order valence-corrected chi connectivity index (χ2v) is 2.33. The van der Waals surface area contributed by atoms with Crippen LogP contribution in [0.5, 0.6) is 0 Å². The fourth-order valence-electron chi connectivity index (χ4n) is 1.00. The summed E-state index contributed by atoms with van der Waals surface area (Å²) in [5.41, 5.74) is 3.16. The highest BCUT2D eigenvalue weighted by Gasteiger charge is 2.05. The molecule has 0 aliphatic carbocycles. The summed E-state index contributed by atoms with van der Waals surface area (Å²) in [5, 5.41) is 0. The van der Waals surface area contributed by atoms with Crippen molar-refractivity contribution in [2.75, 3.05) is 0 Å². The standard InChI is InChI=1S/C10H11O/c1-4-9-7-11-6-8(3)10(9)5-2/h4-7H,1-2H2,3H3/q+1. The van der Waals surface area contributed by atoms with Crippen LogP contribution in [0.1, 0.15) is 16.7 Å². The lowest BCUT2D eigenvalue weighted by atomic mass is 10.1. The van der Waals surface area contributed by atoms with E-state index in [1.807, 2.05) is 13.0 Å². The molecule has 0 aliphatic heterocycles. The zero-order valence-electron chi connectivity index (χ0n) is 6.63. The van der Waals surface area contributed by atoms with Gasteiger partial charge in [0.2, 0.25) is 0 Å². The third kappa shape index (κ3) is 1.37. The monoisotopic (exact) mass is 147 g/mol. The summed E-state index contributed by atoms with van der Waals surface area (Å²) in [4.78, 5) is 0. The minimum Gasteiger partial charge on any atom is -0.223 e. The molecule has 0 unspecified atom stereocenters. The molecule has 1 aromatic heterocycles. The molecule has 0 fully saturated rings. The first-order valence-electron chi connectivity index (χ1n) is 3.44. The molecule has 0 atom stereocenters. The van der Waals surface area contributed by atoms with Gasteiger partial charge in [0.25, 0.3) is 0 Å². The zero-order chi connectivity index (χ0) is 8.27. The second-order valence-electron chi connectivity index (χ2n) is 2.33. The van der Waals surface area contributed by atoms with Crippen LogP contribution in [0.4, 0.5) is 0 Å². The molecule has 0 amide bonds. The van der Waals surface area contributed by atoms with Crippen LogP contribution in [0, 0.1) is 6.92 Å². The van der Waals surface area contributed by atoms with Crippen LogP contribution >= 0.6 is 0 Å². The fourth-order valence-corrected chi connectivity index (χ4v) is 1.00. The Hall–Kier alpha value is -1.37. The van der Waals surface area contributed by atoms with Gasteiger partial charge in [-0.3, -0.25) is 0 Å². The fraction of sp³-hybridized carbons (Fsp3) is 0.100. The molecule has 0 N–H and O–H groups in total. The Balaban J connectivity index is 3.35. The Morgan fingerprint density at radius 1 is 1.27 bits per heavy atom. The SMILES string of the molecule is C=Cc1c[o+]cc(C)c1C=C. The lowest BCUT2D eigenvalue weighted by Gasteiger charge is -1.95. The number of hydrogen-bond donors (Lipinski definition) is 0. The molecule has 0 aliphatic rings. The minimum atomic E-state index is 0.986. The molecule has 1 nitrogen and oxygen atoms in total. The number of hydrogen-bond acceptors (Lipinski definition) is 0. The Kier molecular flexibility index (Phi) is 2.21. The molecule has 0 saturated heterocycles. The van der Waals surface area contributed by atoms with Gasteiger partial charge < -0.3 is 0 Å². The average molecular weight is 147 g/mol. The van der Waals surface area contributed by atoms with Crippen LogP contribution in [-0.4, -0.2) is 0 Å². The molecule has 0 saturated carbocycles. The predicted octanol–water partition coefficient (Wildman–Crippen LogP) is 3.16. The van der Waals surface area contributed by atoms with Crippen LogP contribution in [-0.2, 0) is 0 Å². The van der Waals surface area contributed by atoms with Gasteiger partial charge in [0.15, 0.2) is 0 Å². The van der Waals surface area contributed by atoms with Gasteiger partial charge in [-0.25, -0.2) is 4.42 Å². The zero-order valence-corrected chi connectivity index (χ0v) is 6.63. The number of aryl methyl sites for hydroxylation is 1. The van der Waals surface area contributed by atoms with Gasteiger partial charge in [-0.2, -0.15) is 0 Å². The van der Waals surface area contributed by atoms with E-state index >= 15 is 0 Å². The van der Waals surface area contributed by atoms with Crippen LogP contribution in [0.2, 0.25) is 0 Å². The van der Waals surface area contributed by atoms with Gasteiger partial charge in [-0.05, 0) is 6.92 Å². The largest absolute Gasteiger partial charge is 0.325 e. The molecular formula is C10H11O+. The first-order valence-corrected chi connectivity index (χ1v) is 3.44. The smallest absolute Gasteiger partial charge is 0.223 e. The van der Waals surface area contributed by atoms with E-state index in [0.29, 0.717) is 0 Å². The summed E-state index contributed by atoms with van der Waals surface area (Å²) in [5.74, 6) is 0. The summed E-state index contributed by atoms with van der Waals surface area (Å²) >= 11 is 0. The first kappa shape index (κ1) is 7.73. The highest BCUT2D eigenvalue weighted by atomic mass is 16.3. The molecule has 0 spiro atoms. The Bertz CT molecular complexity index is 287. The molecular weight excluding hydrogens is 136 g/mol. The average Bonchev–Trinajstić information content (AvgIpc) is 2.04. The van der Waals surface area contributed by atoms with Crippen LogP contribution in [0.25, 0.3) is 12.2 Å². The van der Waals surface area contributed by atoms with Crippen molar-refractivity contribution in [2.45, 2.75) is 6.92 Å². The molecule has 0 bridgehead atoms. The van der Waals surface area contributed by atoms with E-state index in [0.717, 1.165) is 16.7 Å². The summed E-state index contributed by atoms with van der Waals surface area (Å²) in [6.45, 7) is 9.36. The maximum absolute atomic E-state index is 5.05. The van der Waals surface area contributed by atoms with Gasteiger partial charge in [0.05, 0.1) is 11.1 Å². The van der Waals surface area contributed by atoms with Gasteiger partial charge in [-0.1, -0.05) is 25.3 Å². The highest BCUT2D eigenvalue weighted by Crippen LogP contribution is 2.15. The third-order valence-electron chi connectivity index (χ3n) is 1.60. The van der Waals surface area contributed by atoms with Crippen molar-refractivity contribution < 1.29 is 4.42 Å². The summed E-state index contributed by atoms with van der Waals surface area (Å²) < 4.78 is 5.05. The molecule has 0 radical (unpaired) electrons. The third-order valence-corrected chi connectivity index (χ3v) is 1.60. The van der Waals surface area contributed by atoms with Crippen LogP contribution in [0.15, 0.2) is 30.1 Å². The molecule has 11 heavy (non-hydrogen) atoms. The van der Waals surface area contributed by atoms with Gasteiger partial charge >= 0.3 is 12.5 Å². The summed E-state index contributed by atoms with van der Waals surface area (Å²) in [6, 6.07) is 0. The minimum absolute atomic E-state index is 0.986. The molecule has 1 heterocycles. The number of rotatable bonds is 2. The van der Waals surface area contributed by atoms with E-state index in [9.17, 15) is 0 Å². The van der Waals surface area contributed by atoms with Gasteiger partial charge in [0, 0.05) is 5.56 Å². The predicted molar refractivity (Wildman–Crippen MR) is 48.0 cm³/mol. The van der Waals surface area contributed by atoms with Crippen molar-refractivity contribution in [3.05, 3.63) is 42.4 Å². The van der Waals surface area contributed by atoms with Crippen molar-refractivity contribution in [1.82, 2.24) is 0 Å². The Labute approximate surface area is 66.7 Å². The van der Waals surface area contributed by atoms with Crippen molar-refractivity contribution in [3.8, 4) is 0 Å². The molecule has 1 heteroatoms. The van der Waals surface area contributed by atoms with Gasteiger partial charge in [0.1, 0.15) is 0 Å². The Morgan fingerprint density at radius 2 is 2.00 bits per heavy atom. The van der Waals surface area contributed by atoms with E-state index in [1.54, 1.807) is 18.6 Å². The van der Waals surface area contributed by atoms with E-state index in [2.05, 4.69) is 13.2 Å². The summed E-state index contributed by atoms with van der Waals surface area (Å²) in [6.07, 6.45) is 6.93. The van der Waals surface area contributed by atoms with E-state index < -0.39 is 0 Å². The van der Waals surface area contributed by atoms with E-state index in [1.165, 1.54) is 0 Å². The van der Waals surface area contributed by atoms with Gasteiger partial charge in [-0.15, -0.1) is 0 Å². The van der Waals surface area contributed by atoms with Crippen molar-refractivity contribution in [3.63, 3.8) is 0 Å². The highest BCUT2D eigenvalue weighted by molar-refractivity contribution is 5.64. The van der Waals surface area contributed by atoms with Crippen molar-refractivity contribution in [1.29, 1.82) is 0 Å². The summed E-state index contributed by atoms with van der Waals surface area (Å²) in [7, 11) is 0. The molecule has 56 valence electrons. The van der Waals surface area contributed by atoms with Crippen LogP contribution < -0.4 is 0 Å². The first-order chi connectivity index (χ1) is 5.29. The maximum atomic E-state index is 5.05. The van der Waals surface area contributed by atoms with E-state index in [4.69, 9.17) is 4.42 Å². The second kappa shape index (κ2) is 3.15. The lowest BCUT2D eigenvalue weighted by molar-refractivity contribution is 0.544. The van der Waals surface area contributed by atoms with E-state index in [-0.39, 0.29) is 0 Å². The maximum Gasteiger partial charge on any atom is 0.325 e. The molecule has 1 rings (SSSR count). The normalized spacial score (nSPS) is 9.18. The lowest BCUT2D eigenvalue weighted by Crippen LogP contribution is -1.83. The van der Waals surface area contributed by atoms with Crippen LogP contribution in [0.3, 0.4) is 0 Å². The van der Waals surface area contributed by atoms with Crippen molar-refractivity contribution in [2.24, 2.45) is 0 Å². The Morgan fingerprint density at radius 3 is 2.45 bits per heavy atom. The van der Waals surface area contributed by atoms with Crippen molar-refractivity contribution >= 4 is 12.2 Å². The topological polar surface area (TPSA) is 11.3 Å². The molecule has 0 aromatic carbocycles.